The molecule has 0 spiro atoms. The molecule has 8 nitrogen and oxygen atoms in total. The maximum absolute atomic E-state index is 12.7. The van der Waals surface area contributed by atoms with Crippen LogP contribution in [0.15, 0.2) is 46.4 Å². The highest BCUT2D eigenvalue weighted by Gasteiger charge is 2.23. The third-order valence-electron chi connectivity index (χ3n) is 3.40. The molecule has 0 aliphatic rings. The number of hydrazone groups is 1. The average molecular weight is 428 g/mol. The van der Waals surface area contributed by atoms with Gasteiger partial charge in [-0.3, -0.25) is 0 Å². The Bertz CT molecular complexity index is 948. The standard InChI is InChI=1S/C18H22ClN3O5S/c1-13-9-15(26-8-4-7-21-22(2)20)12-16(10-13)27-28(23,24)18-11-14(19)5-6-17(18)25-3/h5-7,9-12H,4,8,20H2,1-3H3. The first-order valence-electron chi connectivity index (χ1n) is 8.24. The van der Waals surface area contributed by atoms with Crippen molar-refractivity contribution in [3.05, 3.63) is 47.0 Å². The minimum absolute atomic E-state index is 0.118. The van der Waals surface area contributed by atoms with Gasteiger partial charge in [0.05, 0.1) is 13.7 Å². The molecule has 0 saturated heterocycles. The van der Waals surface area contributed by atoms with E-state index in [-0.39, 0.29) is 21.4 Å². The number of hydrogen-bond acceptors (Lipinski definition) is 8. The maximum atomic E-state index is 12.7. The van der Waals surface area contributed by atoms with E-state index in [0.29, 0.717) is 18.8 Å². The highest BCUT2D eigenvalue weighted by molar-refractivity contribution is 7.87. The minimum Gasteiger partial charge on any atom is -0.495 e. The van der Waals surface area contributed by atoms with E-state index in [1.54, 1.807) is 32.3 Å². The summed E-state index contributed by atoms with van der Waals surface area (Å²) in [4.78, 5) is -0.159. The number of ether oxygens (including phenoxy) is 2. The summed E-state index contributed by atoms with van der Waals surface area (Å²) in [6.07, 6.45) is 2.15. The Morgan fingerprint density at radius 1 is 1.21 bits per heavy atom. The zero-order valence-electron chi connectivity index (χ0n) is 15.8. The second-order valence-corrected chi connectivity index (χ2v) is 7.77. The van der Waals surface area contributed by atoms with Gasteiger partial charge in [-0.1, -0.05) is 11.6 Å². The summed E-state index contributed by atoms with van der Waals surface area (Å²) in [5, 5.41) is 5.31. The van der Waals surface area contributed by atoms with Gasteiger partial charge in [0.25, 0.3) is 0 Å². The molecule has 0 amide bonds. The number of nitrogens with two attached hydrogens (primary N) is 1. The molecule has 0 fully saturated rings. The molecule has 2 aromatic rings. The predicted octanol–water partition coefficient (Wildman–Crippen LogP) is 2.98. The summed E-state index contributed by atoms with van der Waals surface area (Å²) < 4.78 is 41.4. The van der Waals surface area contributed by atoms with Gasteiger partial charge >= 0.3 is 10.1 Å². The summed E-state index contributed by atoms with van der Waals surface area (Å²) in [6.45, 7) is 2.15. The fourth-order valence-electron chi connectivity index (χ4n) is 2.28. The molecule has 0 aliphatic heterocycles. The second-order valence-electron chi connectivity index (χ2n) is 5.82. The van der Waals surface area contributed by atoms with Gasteiger partial charge in [0, 0.05) is 30.8 Å². The Morgan fingerprint density at radius 3 is 2.61 bits per heavy atom. The van der Waals surface area contributed by atoms with Crippen molar-refractivity contribution >= 4 is 27.9 Å². The molecule has 152 valence electrons. The molecule has 2 aromatic carbocycles. The smallest absolute Gasteiger partial charge is 0.342 e. The molecule has 0 atom stereocenters. The van der Waals surface area contributed by atoms with E-state index in [1.165, 1.54) is 36.5 Å². The number of methoxy groups -OCH3 is 1. The lowest BCUT2D eigenvalue weighted by Crippen LogP contribution is -2.19. The predicted molar refractivity (Wildman–Crippen MR) is 108 cm³/mol. The number of halogens is 1. The molecule has 0 radical (unpaired) electrons. The first-order valence-corrected chi connectivity index (χ1v) is 10.0. The van der Waals surface area contributed by atoms with Gasteiger partial charge in [0.15, 0.2) is 0 Å². The highest BCUT2D eigenvalue weighted by atomic mass is 35.5. The van der Waals surface area contributed by atoms with Crippen molar-refractivity contribution in [1.82, 2.24) is 5.12 Å². The van der Waals surface area contributed by atoms with E-state index < -0.39 is 10.1 Å². The summed E-state index contributed by atoms with van der Waals surface area (Å²) >= 11 is 5.92. The summed E-state index contributed by atoms with van der Waals surface area (Å²) in [5.74, 6) is 6.09. The average Bonchev–Trinajstić information content (AvgIpc) is 2.60. The Morgan fingerprint density at radius 2 is 1.93 bits per heavy atom. The van der Waals surface area contributed by atoms with Gasteiger partial charge in [-0.25, -0.2) is 11.0 Å². The monoisotopic (exact) mass is 427 g/mol. The summed E-state index contributed by atoms with van der Waals surface area (Å²) in [5.41, 5.74) is 0.774. The van der Waals surface area contributed by atoms with Gasteiger partial charge in [-0.2, -0.15) is 13.5 Å². The third-order valence-corrected chi connectivity index (χ3v) is 4.91. The Labute approximate surface area is 169 Å². The lowest BCUT2D eigenvalue weighted by atomic mass is 10.2. The first kappa shape index (κ1) is 21.8. The van der Waals surface area contributed by atoms with Gasteiger partial charge in [-0.15, -0.1) is 0 Å². The number of aryl methyl sites for hydroxylation is 1. The van der Waals surface area contributed by atoms with Crippen LogP contribution in [0.3, 0.4) is 0 Å². The lowest BCUT2D eigenvalue weighted by molar-refractivity contribution is 0.326. The van der Waals surface area contributed by atoms with Crippen LogP contribution >= 0.6 is 11.6 Å². The fraction of sp³-hybridized carbons (Fsp3) is 0.278. The molecule has 0 bridgehead atoms. The fourth-order valence-corrected chi connectivity index (χ4v) is 3.62. The Balaban J connectivity index is 2.17. The van der Waals surface area contributed by atoms with Crippen LogP contribution in [0.25, 0.3) is 0 Å². The van der Waals surface area contributed by atoms with Crippen molar-refractivity contribution in [2.75, 3.05) is 20.8 Å². The van der Waals surface area contributed by atoms with Gasteiger partial charge < -0.3 is 13.7 Å². The van der Waals surface area contributed by atoms with E-state index in [1.807, 2.05) is 0 Å². The van der Waals surface area contributed by atoms with E-state index in [4.69, 9.17) is 31.1 Å². The number of hydrazine groups is 1. The van der Waals surface area contributed by atoms with Gasteiger partial charge in [0.2, 0.25) is 0 Å². The van der Waals surface area contributed by atoms with Crippen LogP contribution in [0.2, 0.25) is 5.02 Å². The molecule has 0 aromatic heterocycles. The number of benzene rings is 2. The first-order chi connectivity index (χ1) is 13.2. The maximum Gasteiger partial charge on any atom is 0.342 e. The van der Waals surface area contributed by atoms with Crippen molar-refractivity contribution in [2.45, 2.75) is 18.2 Å². The summed E-state index contributed by atoms with van der Waals surface area (Å²) in [7, 11) is -1.18. The molecular weight excluding hydrogens is 406 g/mol. The minimum atomic E-state index is -4.16. The van der Waals surface area contributed by atoms with Crippen molar-refractivity contribution in [1.29, 1.82) is 0 Å². The molecule has 2 N–H and O–H groups in total. The molecule has 2 rings (SSSR count). The molecule has 0 saturated carbocycles. The number of nitrogens with zero attached hydrogens (tertiary/aromatic N) is 2. The SMILES string of the molecule is COc1ccc(Cl)cc1S(=O)(=O)Oc1cc(C)cc(OCCC=NN(C)N)c1. The van der Waals surface area contributed by atoms with E-state index >= 15 is 0 Å². The molecule has 0 unspecified atom stereocenters. The highest BCUT2D eigenvalue weighted by Crippen LogP contribution is 2.31. The van der Waals surface area contributed by atoms with E-state index in [9.17, 15) is 8.42 Å². The van der Waals surface area contributed by atoms with Crippen molar-refractivity contribution < 1.29 is 22.1 Å². The van der Waals surface area contributed by atoms with Crippen molar-refractivity contribution in [3.8, 4) is 17.2 Å². The van der Waals surface area contributed by atoms with Crippen LogP contribution < -0.4 is 19.5 Å². The largest absolute Gasteiger partial charge is 0.495 e. The molecule has 10 heteroatoms. The van der Waals surface area contributed by atoms with Crippen LogP contribution in [-0.2, 0) is 10.1 Å². The van der Waals surface area contributed by atoms with E-state index in [2.05, 4.69) is 5.10 Å². The van der Waals surface area contributed by atoms with Crippen LogP contribution in [0.1, 0.15) is 12.0 Å². The van der Waals surface area contributed by atoms with E-state index in [0.717, 1.165) is 5.56 Å². The Kier molecular flexibility index (Phi) is 7.50. The quantitative estimate of drug-likeness (QED) is 0.216. The van der Waals surface area contributed by atoms with Crippen LogP contribution in [0.4, 0.5) is 0 Å². The van der Waals surface area contributed by atoms with Gasteiger partial charge in [-0.05, 0) is 42.8 Å². The van der Waals surface area contributed by atoms with Crippen LogP contribution in [0, 0.1) is 6.92 Å². The lowest BCUT2D eigenvalue weighted by Gasteiger charge is -2.13. The zero-order chi connectivity index (χ0) is 20.7. The van der Waals surface area contributed by atoms with Crippen LogP contribution in [0.5, 0.6) is 17.2 Å². The second kappa shape index (κ2) is 9.63. The molecular formula is C18H22ClN3O5S. The van der Waals surface area contributed by atoms with Gasteiger partial charge in [0.1, 0.15) is 22.1 Å². The van der Waals surface area contributed by atoms with Crippen molar-refractivity contribution in [3.63, 3.8) is 0 Å². The normalized spacial score (nSPS) is 11.5. The summed E-state index contributed by atoms with van der Waals surface area (Å²) in [6, 6.07) is 9.12. The topological polar surface area (TPSA) is 103 Å². The molecule has 0 heterocycles. The number of hydrogen-bond donors (Lipinski definition) is 1. The molecule has 0 aliphatic carbocycles. The Hall–Kier alpha value is -2.49. The van der Waals surface area contributed by atoms with Crippen LogP contribution in [-0.4, -0.2) is 40.5 Å². The molecule has 28 heavy (non-hydrogen) atoms. The third kappa shape index (κ3) is 6.29. The zero-order valence-corrected chi connectivity index (χ0v) is 17.3. The van der Waals surface area contributed by atoms with Crippen molar-refractivity contribution in [2.24, 2.45) is 10.9 Å². The number of rotatable bonds is 9.